The molecular weight excluding hydrogens is 318 g/mol. The minimum atomic E-state index is -1.02. The second kappa shape index (κ2) is 4.85. The van der Waals surface area contributed by atoms with Crippen molar-refractivity contribution in [3.8, 4) is 11.3 Å². The van der Waals surface area contributed by atoms with Crippen LogP contribution in [0.1, 0.15) is 5.69 Å². The minimum Gasteiger partial charge on any atom is -0.303 e. The van der Waals surface area contributed by atoms with Gasteiger partial charge >= 0.3 is 0 Å². The largest absolute Gasteiger partial charge is 0.303 e. The van der Waals surface area contributed by atoms with Gasteiger partial charge in [0.05, 0.1) is 11.1 Å². The number of hydrogen-bond donors (Lipinski definition) is 3. The zero-order valence-corrected chi connectivity index (χ0v) is 12.4. The maximum atomic E-state index is 14.5. The van der Waals surface area contributed by atoms with Crippen LogP contribution in [0.3, 0.4) is 0 Å². The van der Waals surface area contributed by atoms with Gasteiger partial charge in [0.1, 0.15) is 5.82 Å². The third-order valence-electron chi connectivity index (χ3n) is 3.96. The highest BCUT2D eigenvalue weighted by atomic mass is 19.1. The highest BCUT2D eigenvalue weighted by molar-refractivity contribution is 6.11. The Morgan fingerprint density at radius 1 is 1.12 bits per heavy atom. The van der Waals surface area contributed by atoms with Gasteiger partial charge in [0.15, 0.2) is 11.5 Å². The molecule has 0 saturated carbocycles. The van der Waals surface area contributed by atoms with E-state index in [1.165, 1.54) is 24.5 Å². The van der Waals surface area contributed by atoms with Crippen molar-refractivity contribution < 1.29 is 18.7 Å². The minimum absolute atomic E-state index is 0.0774. The second-order valence-corrected chi connectivity index (χ2v) is 5.45. The Labute approximate surface area is 133 Å². The van der Waals surface area contributed by atoms with Crippen LogP contribution in [-0.2, 0) is 0 Å². The number of nitrogens with one attached hydrogen (secondary N) is 2. The van der Waals surface area contributed by atoms with Crippen LogP contribution >= 0.6 is 0 Å². The van der Waals surface area contributed by atoms with Crippen LogP contribution < -0.4 is 10.2 Å². The van der Waals surface area contributed by atoms with Gasteiger partial charge in [-0.05, 0) is 6.92 Å². The summed E-state index contributed by atoms with van der Waals surface area (Å²) in [7, 11) is 0. The van der Waals surface area contributed by atoms with E-state index in [0.717, 1.165) is 4.73 Å². The normalized spacial score (nSPS) is 11.5. The number of aryl methyl sites for hydroxylation is 1. The SMILES string of the molecule is Cc1[nH][nH]c2nc(-c3cc[n+](O)cc3)c3c(F)cc(=O)c(F)c3c12. The second-order valence-electron chi connectivity index (χ2n) is 5.45. The van der Waals surface area contributed by atoms with E-state index in [0.29, 0.717) is 28.4 Å². The summed E-state index contributed by atoms with van der Waals surface area (Å²) >= 11 is 0. The first-order chi connectivity index (χ1) is 11.5. The average Bonchev–Trinajstić information content (AvgIpc) is 2.93. The molecule has 4 rings (SSSR count). The van der Waals surface area contributed by atoms with Gasteiger partial charge in [-0.25, -0.2) is 13.8 Å². The summed E-state index contributed by atoms with van der Waals surface area (Å²) in [6.45, 7) is 1.67. The molecule has 6 nitrogen and oxygen atoms in total. The molecule has 8 heteroatoms. The fraction of sp³-hybridized carbons (Fsp3) is 0.0625. The monoisotopic (exact) mass is 329 g/mol. The Bertz CT molecular complexity index is 1160. The number of aromatic amines is 2. The molecule has 0 aliphatic rings. The maximum absolute atomic E-state index is 14.5. The van der Waals surface area contributed by atoms with Crippen LogP contribution in [0.25, 0.3) is 33.1 Å². The molecule has 1 aromatic carbocycles. The molecular formula is C16H11F2N4O2+. The molecule has 0 aliphatic heterocycles. The predicted molar refractivity (Wildman–Crippen MR) is 81.7 cm³/mol. The van der Waals surface area contributed by atoms with Crippen LogP contribution in [0.2, 0.25) is 0 Å². The van der Waals surface area contributed by atoms with E-state index in [1.807, 2.05) is 0 Å². The van der Waals surface area contributed by atoms with Crippen LogP contribution in [0.15, 0.2) is 35.4 Å². The van der Waals surface area contributed by atoms with E-state index in [2.05, 4.69) is 15.2 Å². The fourth-order valence-electron chi connectivity index (χ4n) is 2.87. The number of halogens is 2. The topological polar surface area (TPSA) is 85.7 Å². The fourth-order valence-corrected chi connectivity index (χ4v) is 2.87. The molecule has 0 radical (unpaired) electrons. The summed E-state index contributed by atoms with van der Waals surface area (Å²) in [5.41, 5.74) is 0.473. The van der Waals surface area contributed by atoms with Gasteiger partial charge in [0.25, 0.3) is 0 Å². The molecule has 0 aliphatic carbocycles. The van der Waals surface area contributed by atoms with Crippen LogP contribution in [0.4, 0.5) is 8.78 Å². The first-order valence-corrected chi connectivity index (χ1v) is 7.07. The van der Waals surface area contributed by atoms with E-state index >= 15 is 0 Å². The predicted octanol–water partition coefficient (Wildman–Crippen LogP) is 2.18. The van der Waals surface area contributed by atoms with E-state index < -0.39 is 17.1 Å². The molecule has 0 atom stereocenters. The van der Waals surface area contributed by atoms with Crippen LogP contribution in [0, 0.1) is 18.6 Å². The lowest BCUT2D eigenvalue weighted by atomic mass is 10.0. The van der Waals surface area contributed by atoms with Gasteiger partial charge in [-0.2, -0.15) is 0 Å². The number of aromatic nitrogens is 4. The van der Waals surface area contributed by atoms with Crippen molar-refractivity contribution in [1.82, 2.24) is 15.2 Å². The highest BCUT2D eigenvalue weighted by Gasteiger charge is 2.22. The molecule has 0 amide bonds. The molecule has 0 saturated heterocycles. The lowest BCUT2D eigenvalue weighted by Gasteiger charge is -2.08. The van der Waals surface area contributed by atoms with Gasteiger partial charge in [0.2, 0.25) is 17.8 Å². The van der Waals surface area contributed by atoms with Gasteiger partial charge in [-0.1, -0.05) is 0 Å². The van der Waals surface area contributed by atoms with Crippen molar-refractivity contribution in [2.24, 2.45) is 0 Å². The summed E-state index contributed by atoms with van der Waals surface area (Å²) in [6.07, 6.45) is 2.69. The Morgan fingerprint density at radius 2 is 1.83 bits per heavy atom. The zero-order valence-electron chi connectivity index (χ0n) is 12.4. The number of nitrogens with zero attached hydrogens (tertiary/aromatic N) is 2. The maximum Gasteiger partial charge on any atom is 0.222 e. The number of hydrogen-bond acceptors (Lipinski definition) is 3. The number of pyridine rings is 2. The van der Waals surface area contributed by atoms with Crippen LogP contribution in [-0.4, -0.2) is 20.4 Å². The lowest BCUT2D eigenvalue weighted by molar-refractivity contribution is -0.904. The Kier molecular flexibility index (Phi) is 2.89. The average molecular weight is 329 g/mol. The number of benzene rings is 1. The molecule has 0 fully saturated rings. The van der Waals surface area contributed by atoms with E-state index in [4.69, 9.17) is 0 Å². The molecule has 3 N–H and O–H groups in total. The van der Waals surface area contributed by atoms with Crippen molar-refractivity contribution in [1.29, 1.82) is 0 Å². The first-order valence-electron chi connectivity index (χ1n) is 7.07. The van der Waals surface area contributed by atoms with Crippen molar-refractivity contribution >= 4 is 21.8 Å². The summed E-state index contributed by atoms with van der Waals surface area (Å²) in [5.74, 6) is -1.87. The van der Waals surface area contributed by atoms with E-state index in [-0.39, 0.29) is 16.5 Å². The molecule has 0 spiro atoms. The zero-order chi connectivity index (χ0) is 17.0. The summed E-state index contributed by atoms with van der Waals surface area (Å²) < 4.78 is 29.9. The van der Waals surface area contributed by atoms with Gasteiger partial charge in [0, 0.05) is 45.0 Å². The standard InChI is InChI=1S/C16H10F2N4O2/c1-7-11-13-12(9(17)6-10(23)14(13)18)15(19-16(11)21-20-7)8-2-4-22(24)5-3-8/h2-6,23-24H,1H3/p+1. The van der Waals surface area contributed by atoms with E-state index in [1.54, 1.807) is 6.92 Å². The van der Waals surface area contributed by atoms with E-state index in [9.17, 15) is 18.8 Å². The molecule has 3 heterocycles. The molecule has 0 unspecified atom stereocenters. The Balaban J connectivity index is 2.27. The Morgan fingerprint density at radius 3 is 2.54 bits per heavy atom. The molecule has 4 aromatic rings. The molecule has 24 heavy (non-hydrogen) atoms. The van der Waals surface area contributed by atoms with Crippen LogP contribution in [0.5, 0.6) is 0 Å². The smallest absolute Gasteiger partial charge is 0.222 e. The lowest BCUT2D eigenvalue weighted by Crippen LogP contribution is -2.27. The quantitative estimate of drug-likeness (QED) is 0.370. The van der Waals surface area contributed by atoms with Crippen molar-refractivity contribution in [3.63, 3.8) is 0 Å². The molecule has 0 bridgehead atoms. The van der Waals surface area contributed by atoms with Gasteiger partial charge in [-0.15, -0.1) is 0 Å². The van der Waals surface area contributed by atoms with Crippen molar-refractivity contribution in [3.05, 3.63) is 58.1 Å². The number of fused-ring (bicyclic) bond motifs is 3. The third-order valence-corrected chi connectivity index (χ3v) is 3.96. The van der Waals surface area contributed by atoms with Crippen molar-refractivity contribution in [2.75, 3.05) is 0 Å². The number of rotatable bonds is 1. The summed E-state index contributed by atoms with van der Waals surface area (Å²) in [4.78, 5) is 16.1. The Hall–Kier alpha value is -3.29. The number of H-pyrrole nitrogens is 2. The third kappa shape index (κ3) is 1.89. The summed E-state index contributed by atoms with van der Waals surface area (Å²) in [5, 5.41) is 15.1. The highest BCUT2D eigenvalue weighted by Crippen LogP contribution is 2.34. The molecule has 120 valence electrons. The van der Waals surface area contributed by atoms with Crippen molar-refractivity contribution in [2.45, 2.75) is 6.92 Å². The molecule has 3 aromatic heterocycles. The van der Waals surface area contributed by atoms with Gasteiger partial charge in [-0.3, -0.25) is 15.1 Å². The first kappa shape index (κ1) is 14.3. The van der Waals surface area contributed by atoms with Gasteiger partial charge < -0.3 is 5.10 Å². The summed E-state index contributed by atoms with van der Waals surface area (Å²) in [6, 6.07) is 3.64.